The molecule has 0 saturated carbocycles. The summed E-state index contributed by atoms with van der Waals surface area (Å²) in [6, 6.07) is 10.6. The van der Waals surface area contributed by atoms with Crippen molar-refractivity contribution in [3.05, 3.63) is 47.8 Å². The lowest BCUT2D eigenvalue weighted by Crippen LogP contribution is -1.98. The standard InChI is InChI=1S/C20H25NO/c1-2-3-4-6-11-17-14-21-13-12-18(15-22)20(21)19(17)16-9-7-5-8-10-16/h5,7-10,14-15,18H,2-4,6,11-13H2,1H3. The van der Waals surface area contributed by atoms with E-state index in [2.05, 4.69) is 48.0 Å². The van der Waals surface area contributed by atoms with Gasteiger partial charge in [-0.15, -0.1) is 0 Å². The molecule has 0 aliphatic carbocycles. The van der Waals surface area contributed by atoms with E-state index in [0.29, 0.717) is 0 Å². The maximum Gasteiger partial charge on any atom is 0.129 e. The lowest BCUT2D eigenvalue weighted by molar-refractivity contribution is -0.109. The van der Waals surface area contributed by atoms with Crippen molar-refractivity contribution in [1.82, 2.24) is 4.57 Å². The Kier molecular flexibility index (Phi) is 4.77. The molecule has 1 unspecified atom stereocenters. The van der Waals surface area contributed by atoms with E-state index in [1.54, 1.807) is 0 Å². The Balaban J connectivity index is 1.95. The van der Waals surface area contributed by atoms with E-state index in [1.165, 1.54) is 48.1 Å². The molecule has 116 valence electrons. The first-order valence-corrected chi connectivity index (χ1v) is 8.57. The number of hydrogen-bond donors (Lipinski definition) is 0. The van der Waals surface area contributed by atoms with Gasteiger partial charge in [-0.1, -0.05) is 56.5 Å². The van der Waals surface area contributed by atoms with E-state index in [0.717, 1.165) is 25.7 Å². The highest BCUT2D eigenvalue weighted by atomic mass is 16.1. The van der Waals surface area contributed by atoms with Gasteiger partial charge in [0.05, 0.1) is 5.92 Å². The topological polar surface area (TPSA) is 22.0 Å². The van der Waals surface area contributed by atoms with Crippen LogP contribution in [0.15, 0.2) is 36.5 Å². The van der Waals surface area contributed by atoms with Crippen molar-refractivity contribution in [3.63, 3.8) is 0 Å². The van der Waals surface area contributed by atoms with E-state index >= 15 is 0 Å². The first-order chi connectivity index (χ1) is 10.8. The third-order valence-electron chi connectivity index (χ3n) is 4.76. The van der Waals surface area contributed by atoms with Gasteiger partial charge in [0.1, 0.15) is 6.29 Å². The smallest absolute Gasteiger partial charge is 0.129 e. The fraction of sp³-hybridized carbons (Fsp3) is 0.450. The summed E-state index contributed by atoms with van der Waals surface area (Å²) in [6.45, 7) is 3.23. The number of carbonyl (C=O) groups is 1. The molecule has 0 radical (unpaired) electrons. The molecule has 2 heteroatoms. The Labute approximate surface area is 133 Å². The molecule has 1 aromatic heterocycles. The molecule has 1 atom stereocenters. The summed E-state index contributed by atoms with van der Waals surface area (Å²) in [5.41, 5.74) is 5.25. The van der Waals surface area contributed by atoms with Crippen molar-refractivity contribution in [3.8, 4) is 11.1 Å². The van der Waals surface area contributed by atoms with Crippen LogP contribution in [-0.2, 0) is 17.8 Å². The molecular formula is C20H25NO. The summed E-state index contributed by atoms with van der Waals surface area (Å²) in [7, 11) is 0. The van der Waals surface area contributed by atoms with Crippen LogP contribution >= 0.6 is 0 Å². The monoisotopic (exact) mass is 295 g/mol. The van der Waals surface area contributed by atoms with Gasteiger partial charge < -0.3 is 9.36 Å². The third kappa shape index (κ3) is 2.87. The molecule has 2 aromatic rings. The zero-order valence-corrected chi connectivity index (χ0v) is 13.4. The number of rotatable bonds is 7. The van der Waals surface area contributed by atoms with Crippen LogP contribution in [0.3, 0.4) is 0 Å². The fourth-order valence-corrected chi connectivity index (χ4v) is 3.63. The molecule has 1 aliphatic rings. The second-order valence-electron chi connectivity index (χ2n) is 6.32. The minimum Gasteiger partial charge on any atom is -0.350 e. The fourth-order valence-electron chi connectivity index (χ4n) is 3.63. The maximum absolute atomic E-state index is 11.4. The van der Waals surface area contributed by atoms with Crippen molar-refractivity contribution < 1.29 is 4.79 Å². The minimum absolute atomic E-state index is 0.0691. The van der Waals surface area contributed by atoms with Crippen LogP contribution in [0.5, 0.6) is 0 Å². The normalized spacial score (nSPS) is 16.7. The average molecular weight is 295 g/mol. The van der Waals surface area contributed by atoms with Crippen LogP contribution < -0.4 is 0 Å². The number of hydrogen-bond acceptors (Lipinski definition) is 1. The first kappa shape index (κ1) is 15.1. The summed E-state index contributed by atoms with van der Waals surface area (Å²) in [4.78, 5) is 11.4. The molecule has 0 saturated heterocycles. The number of benzene rings is 1. The minimum atomic E-state index is 0.0691. The molecule has 0 N–H and O–H groups in total. The lowest BCUT2D eigenvalue weighted by atomic mass is 9.93. The van der Waals surface area contributed by atoms with Gasteiger partial charge in [-0.25, -0.2) is 0 Å². The molecular weight excluding hydrogens is 270 g/mol. The molecule has 0 spiro atoms. The number of fused-ring (bicyclic) bond motifs is 1. The second kappa shape index (κ2) is 6.95. The van der Waals surface area contributed by atoms with Gasteiger partial charge in [-0.05, 0) is 30.4 Å². The highest BCUT2D eigenvalue weighted by Gasteiger charge is 2.28. The Morgan fingerprint density at radius 1 is 1.18 bits per heavy atom. The zero-order chi connectivity index (χ0) is 15.4. The molecule has 0 fully saturated rings. The lowest BCUT2D eigenvalue weighted by Gasteiger charge is -2.10. The number of aryl methyl sites for hydroxylation is 2. The van der Waals surface area contributed by atoms with Crippen molar-refractivity contribution in [2.45, 2.75) is 57.9 Å². The van der Waals surface area contributed by atoms with Gasteiger partial charge in [0.25, 0.3) is 0 Å². The van der Waals surface area contributed by atoms with Crippen molar-refractivity contribution in [1.29, 1.82) is 0 Å². The van der Waals surface area contributed by atoms with Gasteiger partial charge in [-0.3, -0.25) is 0 Å². The van der Waals surface area contributed by atoms with Crippen LogP contribution in [0.2, 0.25) is 0 Å². The van der Waals surface area contributed by atoms with Crippen LogP contribution in [0, 0.1) is 0 Å². The molecule has 22 heavy (non-hydrogen) atoms. The predicted molar refractivity (Wildman–Crippen MR) is 91.1 cm³/mol. The van der Waals surface area contributed by atoms with E-state index in [-0.39, 0.29) is 5.92 Å². The van der Waals surface area contributed by atoms with Crippen LogP contribution in [-0.4, -0.2) is 10.9 Å². The summed E-state index contributed by atoms with van der Waals surface area (Å²) in [6.07, 6.45) is 10.6. The predicted octanol–water partition coefficient (Wildman–Crippen LogP) is 4.96. The van der Waals surface area contributed by atoms with Gasteiger partial charge in [0.15, 0.2) is 0 Å². The number of nitrogens with zero attached hydrogens (tertiary/aromatic N) is 1. The van der Waals surface area contributed by atoms with Crippen molar-refractivity contribution in [2.75, 3.05) is 0 Å². The molecule has 3 rings (SSSR count). The molecule has 2 heterocycles. The van der Waals surface area contributed by atoms with Gasteiger partial charge in [0, 0.05) is 24.0 Å². The van der Waals surface area contributed by atoms with Crippen molar-refractivity contribution in [2.24, 2.45) is 0 Å². The quantitative estimate of drug-likeness (QED) is 0.522. The largest absolute Gasteiger partial charge is 0.350 e. The van der Waals surface area contributed by atoms with Gasteiger partial charge in [-0.2, -0.15) is 0 Å². The van der Waals surface area contributed by atoms with Crippen molar-refractivity contribution >= 4 is 6.29 Å². The Bertz CT molecular complexity index is 627. The average Bonchev–Trinajstić information content (AvgIpc) is 3.10. The zero-order valence-electron chi connectivity index (χ0n) is 13.4. The Hall–Kier alpha value is -1.83. The van der Waals surface area contributed by atoms with Crippen LogP contribution in [0.4, 0.5) is 0 Å². The Morgan fingerprint density at radius 3 is 2.73 bits per heavy atom. The third-order valence-corrected chi connectivity index (χ3v) is 4.76. The van der Waals surface area contributed by atoms with E-state index < -0.39 is 0 Å². The summed E-state index contributed by atoms with van der Waals surface area (Å²) in [5, 5.41) is 0. The van der Waals surface area contributed by atoms with Crippen LogP contribution in [0.25, 0.3) is 11.1 Å². The van der Waals surface area contributed by atoms with E-state index in [4.69, 9.17) is 0 Å². The summed E-state index contributed by atoms with van der Waals surface area (Å²) in [5.74, 6) is 0.0691. The molecule has 0 bridgehead atoms. The first-order valence-electron chi connectivity index (χ1n) is 8.57. The molecule has 0 amide bonds. The molecule has 2 nitrogen and oxygen atoms in total. The molecule has 1 aliphatic heterocycles. The van der Waals surface area contributed by atoms with Crippen LogP contribution in [0.1, 0.15) is 56.2 Å². The highest BCUT2D eigenvalue weighted by Crippen LogP contribution is 2.39. The SMILES string of the molecule is CCCCCCc1cn2c(c1-c1ccccc1)C(C=O)CC2. The van der Waals surface area contributed by atoms with E-state index in [1.807, 2.05) is 0 Å². The number of aldehydes is 1. The second-order valence-corrected chi connectivity index (χ2v) is 6.32. The number of carbonyl (C=O) groups excluding carboxylic acids is 1. The van der Waals surface area contributed by atoms with Gasteiger partial charge >= 0.3 is 0 Å². The number of unbranched alkanes of at least 4 members (excludes halogenated alkanes) is 3. The number of aromatic nitrogens is 1. The summed E-state index contributed by atoms with van der Waals surface area (Å²) < 4.78 is 2.32. The summed E-state index contributed by atoms with van der Waals surface area (Å²) >= 11 is 0. The Morgan fingerprint density at radius 2 is 2.00 bits per heavy atom. The van der Waals surface area contributed by atoms with Gasteiger partial charge in [0.2, 0.25) is 0 Å². The molecule has 1 aromatic carbocycles. The van der Waals surface area contributed by atoms with E-state index in [9.17, 15) is 4.79 Å². The maximum atomic E-state index is 11.4. The highest BCUT2D eigenvalue weighted by molar-refractivity contribution is 5.77.